The Morgan fingerprint density at radius 1 is 0.931 bits per heavy atom. The van der Waals surface area contributed by atoms with Gasteiger partial charge in [-0.15, -0.1) is 0 Å². The zero-order valence-corrected chi connectivity index (χ0v) is 16.6. The van der Waals surface area contributed by atoms with Gasteiger partial charge in [-0.25, -0.2) is 18.4 Å². The Morgan fingerprint density at radius 2 is 1.55 bits per heavy atom. The summed E-state index contributed by atoms with van der Waals surface area (Å²) in [6, 6.07) is 14.8. The molecule has 8 nitrogen and oxygen atoms in total. The highest BCUT2D eigenvalue weighted by molar-refractivity contribution is 7.92. The number of carbonyl (C=O) groups excluding carboxylic acids is 1. The van der Waals surface area contributed by atoms with Crippen LogP contribution in [0.4, 0.5) is 17.3 Å². The van der Waals surface area contributed by atoms with Crippen LogP contribution in [0.15, 0.2) is 71.9 Å². The average molecular weight is 411 g/mol. The van der Waals surface area contributed by atoms with E-state index in [1.54, 1.807) is 67.0 Å². The predicted molar refractivity (Wildman–Crippen MR) is 112 cm³/mol. The second-order valence-corrected chi connectivity index (χ2v) is 7.98. The summed E-state index contributed by atoms with van der Waals surface area (Å²) in [6.07, 6.45) is 3.47. The van der Waals surface area contributed by atoms with Gasteiger partial charge in [-0.3, -0.25) is 9.52 Å². The number of aromatic nitrogens is 2. The lowest BCUT2D eigenvalue weighted by molar-refractivity contribution is -0.115. The molecule has 0 aliphatic heterocycles. The molecule has 0 spiro atoms. The minimum absolute atomic E-state index is 0.179. The zero-order valence-electron chi connectivity index (χ0n) is 15.8. The van der Waals surface area contributed by atoms with E-state index in [4.69, 9.17) is 0 Å². The summed E-state index contributed by atoms with van der Waals surface area (Å²) in [5, 5.41) is 5.71. The van der Waals surface area contributed by atoms with Crippen LogP contribution in [0.25, 0.3) is 0 Å². The van der Waals surface area contributed by atoms with Crippen molar-refractivity contribution in [3.63, 3.8) is 0 Å². The summed E-state index contributed by atoms with van der Waals surface area (Å²) in [7, 11) is -3.66. The van der Waals surface area contributed by atoms with Crippen LogP contribution in [0.3, 0.4) is 0 Å². The van der Waals surface area contributed by atoms with Gasteiger partial charge in [-0.2, -0.15) is 0 Å². The molecule has 3 aromatic rings. The lowest BCUT2D eigenvalue weighted by Gasteiger charge is -2.10. The smallest absolute Gasteiger partial charge is 0.261 e. The predicted octanol–water partition coefficient (Wildman–Crippen LogP) is 3.03. The molecule has 0 radical (unpaired) electrons. The van der Waals surface area contributed by atoms with Crippen molar-refractivity contribution in [3.05, 3.63) is 72.6 Å². The van der Waals surface area contributed by atoms with Crippen molar-refractivity contribution in [2.45, 2.75) is 18.2 Å². The van der Waals surface area contributed by atoms with Crippen molar-refractivity contribution in [1.82, 2.24) is 9.97 Å². The van der Waals surface area contributed by atoms with E-state index in [0.29, 0.717) is 23.9 Å². The van der Waals surface area contributed by atoms with E-state index in [1.165, 1.54) is 0 Å². The number of aryl methyl sites for hydroxylation is 1. The zero-order chi connectivity index (χ0) is 20.7. The molecule has 3 N–H and O–H groups in total. The van der Waals surface area contributed by atoms with Gasteiger partial charge < -0.3 is 10.6 Å². The first-order chi connectivity index (χ1) is 13.9. The van der Waals surface area contributed by atoms with Gasteiger partial charge in [-0.1, -0.05) is 17.7 Å². The number of benzene rings is 2. The quantitative estimate of drug-likeness (QED) is 0.525. The number of rotatable bonds is 8. The number of anilines is 3. The highest BCUT2D eigenvalue weighted by atomic mass is 32.2. The molecule has 0 bridgehead atoms. The minimum Gasteiger partial charge on any atom is -0.354 e. The molecule has 0 fully saturated rings. The van der Waals surface area contributed by atoms with E-state index in [1.807, 2.05) is 6.92 Å². The number of nitrogens with zero attached hydrogens (tertiary/aromatic N) is 2. The highest BCUT2D eigenvalue weighted by Crippen LogP contribution is 2.19. The normalized spacial score (nSPS) is 10.9. The molecular weight excluding hydrogens is 390 g/mol. The molecule has 9 heteroatoms. The molecule has 1 aromatic heterocycles. The molecule has 1 amide bonds. The second-order valence-electron chi connectivity index (χ2n) is 6.29. The van der Waals surface area contributed by atoms with Crippen molar-refractivity contribution < 1.29 is 13.2 Å². The number of hydrogen-bond acceptors (Lipinski definition) is 6. The van der Waals surface area contributed by atoms with E-state index in [-0.39, 0.29) is 17.2 Å². The second kappa shape index (κ2) is 9.16. The fourth-order valence-corrected chi connectivity index (χ4v) is 3.51. The van der Waals surface area contributed by atoms with Crippen LogP contribution < -0.4 is 15.4 Å². The molecule has 0 saturated heterocycles. The van der Waals surface area contributed by atoms with Crippen molar-refractivity contribution in [2.75, 3.05) is 21.9 Å². The summed E-state index contributed by atoms with van der Waals surface area (Å²) in [5.41, 5.74) is 1.96. The fraction of sp³-hybridized carbons (Fsp3) is 0.150. The maximum Gasteiger partial charge on any atom is 0.261 e. The van der Waals surface area contributed by atoms with Gasteiger partial charge in [-0.05, 0) is 49.4 Å². The van der Waals surface area contributed by atoms with Gasteiger partial charge >= 0.3 is 0 Å². The number of sulfonamides is 1. The molecule has 3 rings (SSSR count). The summed E-state index contributed by atoms with van der Waals surface area (Å²) >= 11 is 0. The summed E-state index contributed by atoms with van der Waals surface area (Å²) in [4.78, 5) is 20.2. The summed E-state index contributed by atoms with van der Waals surface area (Å²) < 4.78 is 27.3. The molecule has 29 heavy (non-hydrogen) atoms. The molecule has 0 saturated carbocycles. The van der Waals surface area contributed by atoms with Crippen molar-refractivity contribution >= 4 is 33.3 Å². The van der Waals surface area contributed by atoms with Crippen LogP contribution in [-0.2, 0) is 14.8 Å². The van der Waals surface area contributed by atoms with Crippen LogP contribution in [0.5, 0.6) is 0 Å². The van der Waals surface area contributed by atoms with Gasteiger partial charge in [0.15, 0.2) is 0 Å². The standard InChI is InChI=1S/C20H21N5O3S/c1-15-3-9-18(10-4-15)29(27,28)25-17-7-5-16(6-8-17)24-19(26)11-14-23-20-21-12-2-13-22-20/h2-10,12-13,25H,11,14H2,1H3,(H,24,26)(H,21,22,23). The third kappa shape index (κ3) is 6.01. The van der Waals surface area contributed by atoms with Crippen molar-refractivity contribution in [2.24, 2.45) is 0 Å². The van der Waals surface area contributed by atoms with Gasteiger partial charge in [0, 0.05) is 36.7 Å². The van der Waals surface area contributed by atoms with Crippen LogP contribution in [0, 0.1) is 6.92 Å². The lowest BCUT2D eigenvalue weighted by Crippen LogP contribution is -2.17. The SMILES string of the molecule is Cc1ccc(S(=O)(=O)Nc2ccc(NC(=O)CCNc3ncccn3)cc2)cc1. The van der Waals surface area contributed by atoms with Gasteiger partial charge in [0.2, 0.25) is 11.9 Å². The molecule has 1 heterocycles. The molecule has 150 valence electrons. The van der Waals surface area contributed by atoms with E-state index in [2.05, 4.69) is 25.3 Å². The van der Waals surface area contributed by atoms with E-state index in [9.17, 15) is 13.2 Å². The topological polar surface area (TPSA) is 113 Å². The molecule has 2 aromatic carbocycles. The van der Waals surface area contributed by atoms with E-state index < -0.39 is 10.0 Å². The molecule has 0 atom stereocenters. The Balaban J connectivity index is 1.51. The van der Waals surface area contributed by atoms with Gasteiger partial charge in [0.25, 0.3) is 10.0 Å². The summed E-state index contributed by atoms with van der Waals surface area (Å²) in [5.74, 6) is 0.284. The maximum absolute atomic E-state index is 12.4. The lowest BCUT2D eigenvalue weighted by atomic mass is 10.2. The molecule has 0 aliphatic rings. The Morgan fingerprint density at radius 3 is 2.21 bits per heavy atom. The van der Waals surface area contributed by atoms with Crippen molar-refractivity contribution in [1.29, 1.82) is 0 Å². The fourth-order valence-electron chi connectivity index (χ4n) is 2.45. The number of amides is 1. The molecular formula is C20H21N5O3S. The van der Waals surface area contributed by atoms with Crippen LogP contribution in [0.1, 0.15) is 12.0 Å². The third-order valence-electron chi connectivity index (χ3n) is 3.95. The van der Waals surface area contributed by atoms with Crippen LogP contribution in [-0.4, -0.2) is 30.8 Å². The first-order valence-electron chi connectivity index (χ1n) is 8.93. The summed E-state index contributed by atoms with van der Waals surface area (Å²) in [6.45, 7) is 2.28. The molecule has 0 aliphatic carbocycles. The van der Waals surface area contributed by atoms with E-state index in [0.717, 1.165) is 5.56 Å². The Labute approximate surface area is 169 Å². The Hall–Kier alpha value is -3.46. The van der Waals surface area contributed by atoms with Gasteiger partial charge in [0.1, 0.15) is 0 Å². The number of carbonyl (C=O) groups is 1. The first kappa shape index (κ1) is 20.3. The van der Waals surface area contributed by atoms with Crippen LogP contribution in [0.2, 0.25) is 0 Å². The van der Waals surface area contributed by atoms with Crippen LogP contribution >= 0.6 is 0 Å². The highest BCUT2D eigenvalue weighted by Gasteiger charge is 2.13. The Kier molecular flexibility index (Phi) is 6.40. The number of hydrogen-bond donors (Lipinski definition) is 3. The largest absolute Gasteiger partial charge is 0.354 e. The Bertz CT molecular complexity index is 1050. The van der Waals surface area contributed by atoms with E-state index >= 15 is 0 Å². The van der Waals surface area contributed by atoms with Crippen molar-refractivity contribution in [3.8, 4) is 0 Å². The maximum atomic E-state index is 12.4. The molecule has 0 unspecified atom stereocenters. The minimum atomic E-state index is -3.66. The average Bonchev–Trinajstić information content (AvgIpc) is 2.70. The first-order valence-corrected chi connectivity index (χ1v) is 10.4. The monoisotopic (exact) mass is 411 g/mol. The third-order valence-corrected chi connectivity index (χ3v) is 5.35. The van der Waals surface area contributed by atoms with Gasteiger partial charge in [0.05, 0.1) is 4.90 Å². The number of nitrogens with one attached hydrogen (secondary N) is 3.